The highest BCUT2D eigenvalue weighted by Gasteiger charge is 2.25. The van der Waals surface area contributed by atoms with Gasteiger partial charge in [-0.15, -0.1) is 0 Å². The second-order valence-corrected chi connectivity index (χ2v) is 17.5. The topological polar surface area (TPSA) is 279 Å². The number of nitrogen functional groups attached to an aromatic ring is 2. The third kappa shape index (κ3) is 27.9. The lowest BCUT2D eigenvalue weighted by atomic mass is 10.2. The Balaban J connectivity index is 0.000000886. The largest absolute Gasteiger partial charge is 0.444 e. The predicted molar refractivity (Wildman–Crippen MR) is 263 cm³/mol. The van der Waals surface area contributed by atoms with Crippen molar-refractivity contribution < 1.29 is 56.5 Å². The van der Waals surface area contributed by atoms with E-state index in [4.69, 9.17) is 25.7 Å². The van der Waals surface area contributed by atoms with Gasteiger partial charge in [-0.2, -0.15) is 0 Å². The first-order valence-corrected chi connectivity index (χ1v) is 21.7. The van der Waals surface area contributed by atoms with Crippen LogP contribution in [0.3, 0.4) is 0 Å². The summed E-state index contributed by atoms with van der Waals surface area (Å²) in [5, 5.41) is 34.3. The third-order valence-electron chi connectivity index (χ3n) is 7.23. The highest BCUT2D eigenvalue weighted by atomic mass is 79.9. The van der Waals surface area contributed by atoms with Crippen LogP contribution in [-0.4, -0.2) is 88.3 Å². The normalized spacial score (nSPS) is 10.5. The van der Waals surface area contributed by atoms with E-state index in [1.807, 2.05) is 0 Å². The summed E-state index contributed by atoms with van der Waals surface area (Å²) in [6, 6.07) is 23.7. The molecule has 380 valence electrons. The molecule has 24 heteroatoms. The zero-order valence-electron chi connectivity index (χ0n) is 39.8. The second-order valence-electron chi connectivity index (χ2n) is 16.7. The molecule has 0 aliphatic carbocycles. The van der Waals surface area contributed by atoms with Crippen molar-refractivity contribution in [2.75, 3.05) is 65.0 Å². The summed E-state index contributed by atoms with van der Waals surface area (Å²) < 4.78 is 51.2. The Morgan fingerprint density at radius 1 is 0.565 bits per heavy atom. The lowest BCUT2D eigenvalue weighted by Crippen LogP contribution is -2.38. The van der Waals surface area contributed by atoms with Gasteiger partial charge in [0.15, 0.2) is 0 Å². The van der Waals surface area contributed by atoms with Crippen molar-refractivity contribution >= 4 is 79.7 Å². The first kappa shape index (κ1) is 61.8. The number of ether oxygens (including phenoxy) is 3. The van der Waals surface area contributed by atoms with Crippen LogP contribution in [0.5, 0.6) is 0 Å². The molecule has 0 spiro atoms. The first-order valence-electron chi connectivity index (χ1n) is 20.6. The Labute approximate surface area is 406 Å². The average Bonchev–Trinajstić information content (AvgIpc) is 3.23. The van der Waals surface area contributed by atoms with Gasteiger partial charge < -0.3 is 25.7 Å². The highest BCUT2D eigenvalue weighted by molar-refractivity contribution is 9.09. The summed E-state index contributed by atoms with van der Waals surface area (Å²) in [4.78, 5) is 67.4. The minimum Gasteiger partial charge on any atom is -0.444 e. The molecule has 0 saturated carbocycles. The predicted octanol–water partition coefficient (Wildman–Crippen LogP) is 11.8. The molecule has 4 aromatic carbocycles. The van der Waals surface area contributed by atoms with E-state index in [0.717, 1.165) is 4.90 Å². The quantitative estimate of drug-likeness (QED) is 0.0414. The highest BCUT2D eigenvalue weighted by Crippen LogP contribution is 2.24. The Bertz CT molecular complexity index is 2270. The molecule has 4 aromatic rings. The molecule has 0 atom stereocenters. The van der Waals surface area contributed by atoms with Gasteiger partial charge in [-0.1, -0.05) is 40.2 Å². The summed E-state index contributed by atoms with van der Waals surface area (Å²) >= 11 is 2.87. The number of benzene rings is 4. The average molecular weight is 1040 g/mol. The number of hydrogen-bond donors (Lipinski definition) is 3. The van der Waals surface area contributed by atoms with E-state index >= 15 is 0 Å². The molecule has 0 aliphatic rings. The van der Waals surface area contributed by atoms with Gasteiger partial charge in [-0.25, -0.2) is 23.2 Å². The maximum absolute atomic E-state index is 12.6. The molecule has 0 heterocycles. The Kier molecular flexibility index (Phi) is 27.0. The molecule has 3 amide bonds. The van der Waals surface area contributed by atoms with Crippen molar-refractivity contribution in [2.24, 2.45) is 0 Å². The van der Waals surface area contributed by atoms with Crippen molar-refractivity contribution in [3.8, 4) is 0 Å². The van der Waals surface area contributed by atoms with Crippen LogP contribution >= 0.6 is 15.9 Å². The van der Waals surface area contributed by atoms with Crippen molar-refractivity contribution in [2.45, 2.75) is 79.1 Å². The summed E-state index contributed by atoms with van der Waals surface area (Å²) in [7, 11) is 0. The Morgan fingerprint density at radius 3 is 1.26 bits per heavy atom. The maximum Gasteiger partial charge on any atom is 0.414 e. The number of nitro benzene ring substituents is 3. The molecule has 0 bridgehead atoms. The zero-order chi connectivity index (χ0) is 53.1. The minimum atomic E-state index is -0.776. The fourth-order valence-corrected chi connectivity index (χ4v) is 4.68. The zero-order valence-corrected chi connectivity index (χ0v) is 41.4. The van der Waals surface area contributed by atoms with Crippen LogP contribution in [0.2, 0.25) is 0 Å². The SMILES string of the molecule is CC(C)(C)OC(=O)N(CCF)c1cccc(N)c1.CC(C)(C)OC(=O)N(CCF)c1cccc([N+](=O)[O-])c1.CC(C)(C)OC(=O)Nc1cccc([N+](=O)[O-])c1.FCCBr.Nc1cccc([N+](=O)[O-])c1. The molecule has 4 rings (SSSR count). The van der Waals surface area contributed by atoms with Crippen LogP contribution in [0.1, 0.15) is 62.3 Å². The molecule has 0 radical (unpaired) electrons. The molecular weight excluding hydrogens is 981 g/mol. The molecule has 20 nitrogen and oxygen atoms in total. The number of hydrogen-bond acceptors (Lipinski definition) is 14. The molecule has 0 aliphatic heterocycles. The lowest BCUT2D eigenvalue weighted by Gasteiger charge is -2.26. The van der Waals surface area contributed by atoms with E-state index in [1.54, 1.807) is 105 Å². The van der Waals surface area contributed by atoms with Crippen molar-refractivity contribution in [1.29, 1.82) is 0 Å². The van der Waals surface area contributed by atoms with Gasteiger partial charge in [-0.3, -0.25) is 49.8 Å². The van der Waals surface area contributed by atoms with E-state index in [9.17, 15) is 57.9 Å². The Hall–Kier alpha value is -7.24. The molecule has 0 saturated heterocycles. The number of nitrogens with two attached hydrogens (primary N) is 2. The lowest BCUT2D eigenvalue weighted by molar-refractivity contribution is -0.385. The van der Waals surface area contributed by atoms with Crippen LogP contribution in [0.15, 0.2) is 97.1 Å². The molecule has 5 N–H and O–H groups in total. The van der Waals surface area contributed by atoms with E-state index < -0.39 is 63.2 Å². The number of non-ortho nitro benzene ring substituents is 3. The Morgan fingerprint density at radius 2 is 0.913 bits per heavy atom. The number of halogens is 4. The fraction of sp³-hybridized carbons (Fsp3) is 0.400. The number of amides is 3. The number of alkyl halides is 4. The van der Waals surface area contributed by atoms with Crippen molar-refractivity contribution in [3.05, 3.63) is 127 Å². The number of carbonyl (C=O) groups is 3. The fourth-order valence-electron chi connectivity index (χ4n) is 4.68. The van der Waals surface area contributed by atoms with Gasteiger partial charge in [0.2, 0.25) is 0 Å². The van der Waals surface area contributed by atoms with E-state index in [-0.39, 0.29) is 42.5 Å². The number of nitrogens with one attached hydrogen (secondary N) is 1. The van der Waals surface area contributed by atoms with Crippen LogP contribution < -0.4 is 26.6 Å². The summed E-state index contributed by atoms with van der Waals surface area (Å²) in [5.74, 6) is 0. The summed E-state index contributed by atoms with van der Waals surface area (Å²) in [5.41, 5.74) is 10.8. The molecule has 69 heavy (non-hydrogen) atoms. The van der Waals surface area contributed by atoms with Crippen molar-refractivity contribution in [1.82, 2.24) is 0 Å². The molecule has 0 fully saturated rings. The standard InChI is InChI=1S/C13H17FN2O4.C13H19FN2O2.C11H14N2O4.C6H6N2O2.C2H4BrF/c1-13(2,3)20-12(17)15(8-7-14)10-5-4-6-11(9-10)16(18)19;1-13(2,3)18-12(17)16(8-7-14)11-6-4-5-10(15)9-11;1-11(2,3)17-10(14)12-8-5-4-6-9(7-8)13(15)16;7-5-2-1-3-6(4-5)8(9)10;3-1-2-4/h4-6,9H,7-8H2,1-3H3;4-6,9H,7-8,15H2,1-3H3;4-7H,1-3H3,(H,12,14);1-4H,7H2;1-2H2. The minimum absolute atomic E-state index is 0.0278. The van der Waals surface area contributed by atoms with Crippen molar-refractivity contribution in [3.63, 3.8) is 0 Å². The van der Waals surface area contributed by atoms with Gasteiger partial charge in [0.1, 0.15) is 30.2 Å². The van der Waals surface area contributed by atoms with Gasteiger partial charge in [0, 0.05) is 58.8 Å². The van der Waals surface area contributed by atoms with Gasteiger partial charge in [-0.05, 0) is 98.7 Å². The monoisotopic (exact) mass is 1040 g/mol. The van der Waals surface area contributed by atoms with E-state index in [1.165, 1.54) is 59.5 Å². The van der Waals surface area contributed by atoms with Gasteiger partial charge in [0.05, 0.1) is 45.9 Å². The number of anilines is 5. The smallest absolute Gasteiger partial charge is 0.414 e. The summed E-state index contributed by atoms with van der Waals surface area (Å²) in [6.45, 7) is 13.6. The van der Waals surface area contributed by atoms with Crippen LogP contribution in [-0.2, 0) is 14.2 Å². The molecule has 0 aromatic heterocycles. The van der Waals surface area contributed by atoms with Gasteiger partial charge >= 0.3 is 18.3 Å². The van der Waals surface area contributed by atoms with Crippen LogP contribution in [0, 0.1) is 30.3 Å². The third-order valence-corrected chi connectivity index (χ3v) is 7.53. The van der Waals surface area contributed by atoms with Gasteiger partial charge in [0.25, 0.3) is 17.1 Å². The molecular formula is C45H60BrF3N8O12. The van der Waals surface area contributed by atoms with E-state index in [2.05, 4.69) is 21.2 Å². The maximum atomic E-state index is 12.6. The van der Waals surface area contributed by atoms with Crippen LogP contribution in [0.25, 0.3) is 0 Å². The first-order chi connectivity index (χ1) is 32.0. The second kappa shape index (κ2) is 30.2. The number of rotatable bonds is 11. The summed E-state index contributed by atoms with van der Waals surface area (Å²) in [6.07, 6.45) is -1.96. The van der Waals surface area contributed by atoms with E-state index in [0.29, 0.717) is 28.1 Å². The van der Waals surface area contributed by atoms with Crippen LogP contribution in [0.4, 0.5) is 73.1 Å². The molecule has 0 unspecified atom stereocenters. The number of carbonyl (C=O) groups excluding carboxylic acids is 3. The number of nitrogens with zero attached hydrogens (tertiary/aromatic N) is 5. The number of nitro groups is 3.